The number of carbonyl (C=O) groups excluding carboxylic acids is 2. The lowest BCUT2D eigenvalue weighted by Crippen LogP contribution is -2.50. The van der Waals surface area contributed by atoms with Gasteiger partial charge in [0.1, 0.15) is 6.04 Å². The van der Waals surface area contributed by atoms with Crippen molar-refractivity contribution >= 4 is 11.8 Å². The average molecular weight is 429 g/mol. The molecule has 4 nitrogen and oxygen atoms in total. The van der Waals surface area contributed by atoms with Crippen LogP contribution in [0.1, 0.15) is 36.5 Å². The topological polar surface area (TPSA) is 49.4 Å². The van der Waals surface area contributed by atoms with Gasteiger partial charge in [0.15, 0.2) is 0 Å². The summed E-state index contributed by atoms with van der Waals surface area (Å²) >= 11 is 0. The van der Waals surface area contributed by atoms with E-state index in [1.807, 2.05) is 85.8 Å². The quantitative estimate of drug-likeness (QED) is 0.478. The van der Waals surface area contributed by atoms with E-state index in [2.05, 4.69) is 17.4 Å². The molecule has 166 valence electrons. The summed E-state index contributed by atoms with van der Waals surface area (Å²) in [5.41, 5.74) is 3.24. The maximum Gasteiger partial charge on any atom is 0.243 e. The molecular weight excluding hydrogens is 396 g/mol. The maximum atomic E-state index is 13.4. The van der Waals surface area contributed by atoms with Gasteiger partial charge in [-0.2, -0.15) is 0 Å². The molecule has 0 fully saturated rings. The highest BCUT2D eigenvalue weighted by atomic mass is 16.2. The maximum absolute atomic E-state index is 13.4. The van der Waals surface area contributed by atoms with Crippen molar-refractivity contribution in [2.45, 2.75) is 45.2 Å². The van der Waals surface area contributed by atoms with Gasteiger partial charge in [0.25, 0.3) is 0 Å². The van der Waals surface area contributed by atoms with Gasteiger partial charge in [-0.3, -0.25) is 9.59 Å². The fourth-order valence-corrected chi connectivity index (χ4v) is 3.78. The van der Waals surface area contributed by atoms with Gasteiger partial charge in [0.2, 0.25) is 11.8 Å². The molecule has 32 heavy (non-hydrogen) atoms. The molecule has 0 aliphatic carbocycles. The van der Waals surface area contributed by atoms with E-state index in [0.717, 1.165) is 24.0 Å². The molecule has 0 saturated carbocycles. The summed E-state index contributed by atoms with van der Waals surface area (Å²) in [7, 11) is 0. The van der Waals surface area contributed by atoms with Crippen LogP contribution >= 0.6 is 0 Å². The molecule has 0 heterocycles. The second-order valence-electron chi connectivity index (χ2n) is 7.99. The summed E-state index contributed by atoms with van der Waals surface area (Å²) in [6.45, 7) is 2.95. The van der Waals surface area contributed by atoms with E-state index in [0.29, 0.717) is 25.9 Å². The third-order valence-electron chi connectivity index (χ3n) is 5.49. The van der Waals surface area contributed by atoms with Gasteiger partial charge >= 0.3 is 0 Å². The molecule has 2 amide bonds. The lowest BCUT2D eigenvalue weighted by molar-refractivity contribution is -0.141. The lowest BCUT2D eigenvalue weighted by Gasteiger charge is -2.31. The van der Waals surface area contributed by atoms with Gasteiger partial charge in [0.05, 0.1) is 0 Å². The number of hydrogen-bond acceptors (Lipinski definition) is 2. The van der Waals surface area contributed by atoms with Crippen LogP contribution in [0.2, 0.25) is 0 Å². The molecule has 0 aromatic heterocycles. The van der Waals surface area contributed by atoms with E-state index in [4.69, 9.17) is 0 Å². The van der Waals surface area contributed by atoms with E-state index < -0.39 is 6.04 Å². The number of benzene rings is 3. The molecule has 4 heteroatoms. The van der Waals surface area contributed by atoms with Crippen LogP contribution in [0.15, 0.2) is 91.0 Å². The van der Waals surface area contributed by atoms with Gasteiger partial charge in [-0.15, -0.1) is 0 Å². The Balaban J connectivity index is 1.80. The van der Waals surface area contributed by atoms with E-state index in [9.17, 15) is 9.59 Å². The van der Waals surface area contributed by atoms with Gasteiger partial charge < -0.3 is 10.2 Å². The Morgan fingerprint density at radius 2 is 1.31 bits per heavy atom. The summed E-state index contributed by atoms with van der Waals surface area (Å²) < 4.78 is 0. The van der Waals surface area contributed by atoms with E-state index in [1.54, 1.807) is 4.90 Å². The Kier molecular flexibility index (Phi) is 9.05. The molecule has 0 radical (unpaired) electrons. The number of hydrogen-bond donors (Lipinski definition) is 1. The zero-order valence-electron chi connectivity index (χ0n) is 18.7. The van der Waals surface area contributed by atoms with Crippen molar-refractivity contribution in [3.8, 4) is 0 Å². The molecule has 3 aromatic rings. The Labute approximate surface area is 191 Å². The first kappa shape index (κ1) is 23.3. The highest BCUT2D eigenvalue weighted by Gasteiger charge is 2.29. The van der Waals surface area contributed by atoms with Crippen molar-refractivity contribution in [3.05, 3.63) is 108 Å². The molecular formula is C28H32N2O2. The Bertz CT molecular complexity index is 958. The standard InChI is InChI=1S/C28H32N2O2/c1-2-12-27(31)30(22-25-17-10-5-11-18-25)26(21-24-15-8-4-9-16-24)28(32)29-20-19-23-13-6-3-7-14-23/h3-11,13-18,26H,2,12,19-22H2,1H3,(H,29,32)/t26-/m0/s1. The van der Waals surface area contributed by atoms with E-state index >= 15 is 0 Å². The first-order chi connectivity index (χ1) is 15.7. The molecule has 0 saturated heterocycles. The van der Waals surface area contributed by atoms with Gasteiger partial charge in [-0.05, 0) is 29.5 Å². The molecule has 0 aliphatic heterocycles. The van der Waals surface area contributed by atoms with Gasteiger partial charge in [-0.1, -0.05) is 97.9 Å². The monoisotopic (exact) mass is 428 g/mol. The molecule has 3 rings (SSSR count). The van der Waals surface area contributed by atoms with Crippen LogP contribution in [0.5, 0.6) is 0 Å². The highest BCUT2D eigenvalue weighted by molar-refractivity contribution is 5.88. The van der Waals surface area contributed by atoms with Crippen molar-refractivity contribution in [1.82, 2.24) is 10.2 Å². The predicted molar refractivity (Wildman–Crippen MR) is 129 cm³/mol. The van der Waals surface area contributed by atoms with Gasteiger partial charge in [-0.25, -0.2) is 0 Å². The lowest BCUT2D eigenvalue weighted by atomic mass is 10.0. The molecule has 1 atom stereocenters. The fraction of sp³-hybridized carbons (Fsp3) is 0.286. The van der Waals surface area contributed by atoms with Crippen LogP contribution in [-0.2, 0) is 29.0 Å². The fourth-order valence-electron chi connectivity index (χ4n) is 3.78. The average Bonchev–Trinajstić information content (AvgIpc) is 2.83. The first-order valence-corrected chi connectivity index (χ1v) is 11.4. The molecule has 0 aliphatic rings. The largest absolute Gasteiger partial charge is 0.354 e. The second kappa shape index (κ2) is 12.5. The van der Waals surface area contributed by atoms with Crippen LogP contribution in [0.25, 0.3) is 0 Å². The van der Waals surface area contributed by atoms with E-state index in [-0.39, 0.29) is 11.8 Å². The minimum absolute atomic E-state index is 0.00972. The Hall–Kier alpha value is -3.40. The highest BCUT2D eigenvalue weighted by Crippen LogP contribution is 2.16. The van der Waals surface area contributed by atoms with Crippen LogP contribution in [0.3, 0.4) is 0 Å². The van der Waals surface area contributed by atoms with E-state index in [1.165, 1.54) is 5.56 Å². The van der Waals surface area contributed by atoms with Gasteiger partial charge in [0, 0.05) is 25.9 Å². The number of nitrogens with one attached hydrogen (secondary N) is 1. The zero-order chi connectivity index (χ0) is 22.6. The summed E-state index contributed by atoms with van der Waals surface area (Å²) in [6, 6.07) is 29.3. The number of amides is 2. The van der Waals surface area contributed by atoms with Crippen LogP contribution in [0, 0.1) is 0 Å². The normalized spacial score (nSPS) is 11.5. The molecule has 0 bridgehead atoms. The molecule has 0 spiro atoms. The third kappa shape index (κ3) is 7.09. The van der Waals surface area contributed by atoms with Crippen molar-refractivity contribution in [3.63, 3.8) is 0 Å². The summed E-state index contributed by atoms with van der Waals surface area (Å²) in [5, 5.41) is 3.08. The minimum atomic E-state index is -0.563. The van der Waals surface area contributed by atoms with Crippen molar-refractivity contribution in [2.75, 3.05) is 6.54 Å². The van der Waals surface area contributed by atoms with Crippen molar-refractivity contribution in [2.24, 2.45) is 0 Å². The minimum Gasteiger partial charge on any atom is -0.354 e. The predicted octanol–water partition coefficient (Wildman–Crippen LogP) is 4.79. The number of rotatable bonds is 11. The number of nitrogens with zero attached hydrogens (tertiary/aromatic N) is 1. The first-order valence-electron chi connectivity index (χ1n) is 11.4. The van der Waals surface area contributed by atoms with Crippen molar-refractivity contribution < 1.29 is 9.59 Å². The van der Waals surface area contributed by atoms with Crippen LogP contribution < -0.4 is 5.32 Å². The Morgan fingerprint density at radius 1 is 0.781 bits per heavy atom. The smallest absolute Gasteiger partial charge is 0.243 e. The summed E-state index contributed by atoms with van der Waals surface area (Å²) in [4.78, 5) is 28.3. The molecule has 3 aromatic carbocycles. The zero-order valence-corrected chi connectivity index (χ0v) is 18.7. The summed E-state index contributed by atoms with van der Waals surface area (Å²) in [5.74, 6) is -0.0966. The van der Waals surface area contributed by atoms with Crippen molar-refractivity contribution in [1.29, 1.82) is 0 Å². The number of carbonyl (C=O) groups is 2. The second-order valence-corrected chi connectivity index (χ2v) is 7.99. The summed E-state index contributed by atoms with van der Waals surface area (Å²) in [6.07, 6.45) is 2.42. The van der Waals surface area contributed by atoms with Crippen LogP contribution in [-0.4, -0.2) is 29.3 Å². The SMILES string of the molecule is CCCC(=O)N(Cc1ccccc1)[C@@H](Cc1ccccc1)C(=O)NCCc1ccccc1. The Morgan fingerprint density at radius 3 is 1.88 bits per heavy atom. The third-order valence-corrected chi connectivity index (χ3v) is 5.49. The molecule has 1 N–H and O–H groups in total. The van der Waals surface area contributed by atoms with Crippen LogP contribution in [0.4, 0.5) is 0 Å². The molecule has 0 unspecified atom stereocenters.